The van der Waals surface area contributed by atoms with Gasteiger partial charge in [-0.25, -0.2) is 0 Å². The van der Waals surface area contributed by atoms with Gasteiger partial charge in [-0.05, 0) is 76.0 Å². The lowest BCUT2D eigenvalue weighted by Crippen LogP contribution is -2.67. The van der Waals surface area contributed by atoms with Gasteiger partial charge in [0, 0.05) is 22.4 Å². The summed E-state index contributed by atoms with van der Waals surface area (Å²) in [5.74, 6) is 0.720. The van der Waals surface area contributed by atoms with Gasteiger partial charge in [0.25, 0.3) is 8.32 Å². The van der Waals surface area contributed by atoms with E-state index in [1.54, 1.807) is 0 Å². The van der Waals surface area contributed by atoms with Crippen molar-refractivity contribution in [2.24, 2.45) is 5.92 Å². The number of hydrogen-bond acceptors (Lipinski definition) is 2. The van der Waals surface area contributed by atoms with Gasteiger partial charge in [-0.15, -0.1) is 0 Å². The molecule has 4 aromatic carbocycles. The van der Waals surface area contributed by atoms with Crippen molar-refractivity contribution < 1.29 is 9.22 Å². The van der Waals surface area contributed by atoms with E-state index >= 15 is 0 Å². The molecule has 4 aromatic rings. The van der Waals surface area contributed by atoms with Crippen LogP contribution in [0.3, 0.4) is 0 Å². The molecular formula is C38H41Cl2NO2Si. The largest absolute Gasteiger partial charge is 0.405 e. The van der Waals surface area contributed by atoms with Crippen molar-refractivity contribution in [2.45, 2.75) is 69.5 Å². The fraction of sp³-hybridized carbons (Fsp3) is 0.342. The van der Waals surface area contributed by atoms with Crippen molar-refractivity contribution >= 4 is 47.8 Å². The number of carbonyl (C=O) groups excluding carboxylic acids is 1. The zero-order chi connectivity index (χ0) is 30.9. The molecule has 0 radical (unpaired) electrons. The van der Waals surface area contributed by atoms with E-state index in [9.17, 15) is 4.79 Å². The highest BCUT2D eigenvalue weighted by molar-refractivity contribution is 6.99. The van der Waals surface area contributed by atoms with Crippen molar-refractivity contribution in [3.05, 3.63) is 130 Å². The Balaban J connectivity index is 1.44. The summed E-state index contributed by atoms with van der Waals surface area (Å²) in [7, 11) is -2.79. The molecule has 3 unspecified atom stereocenters. The van der Waals surface area contributed by atoms with E-state index in [1.165, 1.54) is 10.4 Å². The first-order chi connectivity index (χ1) is 21.2. The van der Waals surface area contributed by atoms with Crippen LogP contribution < -0.4 is 10.4 Å². The molecule has 0 aromatic heterocycles. The van der Waals surface area contributed by atoms with Crippen molar-refractivity contribution in [1.82, 2.24) is 4.90 Å². The van der Waals surface area contributed by atoms with Crippen LogP contribution in [-0.4, -0.2) is 31.8 Å². The molecule has 1 aliphatic heterocycles. The first-order valence-corrected chi connectivity index (χ1v) is 18.4. The number of likely N-dealkylation sites (tertiary alicyclic amines) is 1. The van der Waals surface area contributed by atoms with Gasteiger partial charge in [0.05, 0.1) is 18.7 Å². The maximum Gasteiger partial charge on any atom is 0.261 e. The quantitative estimate of drug-likeness (QED) is 0.171. The molecule has 228 valence electrons. The van der Waals surface area contributed by atoms with E-state index in [4.69, 9.17) is 27.6 Å². The first-order valence-electron chi connectivity index (χ1n) is 15.8. The molecule has 3 nitrogen and oxygen atoms in total. The molecule has 1 saturated carbocycles. The smallest absolute Gasteiger partial charge is 0.261 e. The van der Waals surface area contributed by atoms with Gasteiger partial charge < -0.3 is 9.33 Å². The molecule has 1 saturated heterocycles. The van der Waals surface area contributed by atoms with Crippen LogP contribution >= 0.6 is 23.2 Å². The van der Waals surface area contributed by atoms with Crippen LogP contribution in [0.2, 0.25) is 15.1 Å². The van der Waals surface area contributed by atoms with Crippen LogP contribution in [0.4, 0.5) is 0 Å². The maximum atomic E-state index is 14.2. The molecule has 0 spiro atoms. The van der Waals surface area contributed by atoms with Gasteiger partial charge in [-0.3, -0.25) is 4.79 Å². The fourth-order valence-electron chi connectivity index (χ4n) is 7.34. The van der Waals surface area contributed by atoms with Gasteiger partial charge >= 0.3 is 0 Å². The molecule has 2 fully saturated rings. The van der Waals surface area contributed by atoms with Gasteiger partial charge in [0.1, 0.15) is 0 Å². The van der Waals surface area contributed by atoms with Crippen molar-refractivity contribution in [2.75, 3.05) is 6.61 Å². The molecule has 0 bridgehead atoms. The highest BCUT2D eigenvalue weighted by Crippen LogP contribution is 2.49. The van der Waals surface area contributed by atoms with Crippen LogP contribution in [0.25, 0.3) is 0 Å². The molecule has 6 heteroatoms. The Bertz CT molecular complexity index is 1530. The van der Waals surface area contributed by atoms with Crippen molar-refractivity contribution in [3.63, 3.8) is 0 Å². The fourth-order valence-corrected chi connectivity index (χ4v) is 12.2. The lowest BCUT2D eigenvalue weighted by Gasteiger charge is -2.48. The number of carbonyl (C=O) groups is 1. The van der Waals surface area contributed by atoms with E-state index in [1.807, 2.05) is 24.3 Å². The van der Waals surface area contributed by atoms with Gasteiger partial charge in [0.15, 0.2) is 0 Å². The second kappa shape index (κ2) is 12.8. The van der Waals surface area contributed by atoms with E-state index in [0.717, 1.165) is 35.4 Å². The summed E-state index contributed by atoms with van der Waals surface area (Å²) in [5.41, 5.74) is 2.26. The highest BCUT2D eigenvalue weighted by atomic mass is 35.5. The van der Waals surface area contributed by atoms with Crippen LogP contribution in [0.15, 0.2) is 109 Å². The Kier molecular flexibility index (Phi) is 9.08. The molecule has 1 amide bonds. The summed E-state index contributed by atoms with van der Waals surface area (Å²) >= 11 is 12.9. The lowest BCUT2D eigenvalue weighted by molar-refractivity contribution is -0.142. The predicted molar refractivity (Wildman–Crippen MR) is 185 cm³/mol. The van der Waals surface area contributed by atoms with Crippen molar-refractivity contribution in [1.29, 1.82) is 0 Å². The molecule has 3 atom stereocenters. The minimum atomic E-state index is -2.79. The second-order valence-corrected chi connectivity index (χ2v) is 18.6. The third kappa shape index (κ3) is 6.15. The SMILES string of the molecule is CC(C)(C)[Si](OCC(C1CC1)N1C(=O)CCC(c2cccc(Cl)c2)C1c1ccc(Cl)cc1)(c1ccccc1)c1ccccc1. The average molecular weight is 643 g/mol. The van der Waals surface area contributed by atoms with E-state index in [-0.39, 0.29) is 28.9 Å². The van der Waals surface area contributed by atoms with E-state index in [0.29, 0.717) is 24.0 Å². The number of amides is 1. The second-order valence-electron chi connectivity index (χ2n) is 13.4. The molecule has 1 aliphatic carbocycles. The Morgan fingerprint density at radius 2 is 1.39 bits per heavy atom. The monoisotopic (exact) mass is 641 g/mol. The topological polar surface area (TPSA) is 29.5 Å². The number of hydrogen-bond donors (Lipinski definition) is 0. The van der Waals surface area contributed by atoms with Crippen molar-refractivity contribution in [3.8, 4) is 0 Å². The lowest BCUT2D eigenvalue weighted by atomic mass is 9.79. The summed E-state index contributed by atoms with van der Waals surface area (Å²) < 4.78 is 7.50. The van der Waals surface area contributed by atoms with Gasteiger partial charge in [-0.2, -0.15) is 0 Å². The van der Waals surface area contributed by atoms with Crippen LogP contribution in [-0.2, 0) is 9.22 Å². The molecule has 6 rings (SSSR count). The average Bonchev–Trinajstić information content (AvgIpc) is 3.86. The third-order valence-corrected chi connectivity index (χ3v) is 15.0. The third-order valence-electron chi connectivity index (χ3n) is 9.54. The zero-order valence-electron chi connectivity index (χ0n) is 25.8. The number of nitrogens with zero attached hydrogens (tertiary/aromatic N) is 1. The Hall–Kier alpha value is -2.89. The van der Waals surface area contributed by atoms with Gasteiger partial charge in [0.2, 0.25) is 5.91 Å². The highest BCUT2D eigenvalue weighted by Gasteiger charge is 2.52. The standard InChI is InChI=1S/C38H41Cl2NO2Si/c1-38(2,3)44(32-13-6-4-7-14-32,33-15-8-5-9-16-33)43-26-35(27-17-18-27)41-36(42)24-23-34(29-11-10-12-31(40)25-29)37(41)28-19-21-30(39)22-20-28/h4-16,19-22,25,27,34-35,37H,17-18,23-24,26H2,1-3H3. The number of piperidine rings is 1. The van der Waals surface area contributed by atoms with Crippen LogP contribution in [0, 0.1) is 5.92 Å². The molecule has 0 N–H and O–H groups in total. The minimum absolute atomic E-state index is 0.0354. The summed E-state index contributed by atoms with van der Waals surface area (Å²) in [6, 6.07) is 37.6. The zero-order valence-corrected chi connectivity index (χ0v) is 28.3. The Labute approximate surface area is 273 Å². The maximum absolute atomic E-state index is 14.2. The Morgan fingerprint density at radius 3 is 1.93 bits per heavy atom. The summed E-state index contributed by atoms with van der Waals surface area (Å²) in [6.45, 7) is 7.42. The summed E-state index contributed by atoms with van der Waals surface area (Å²) in [6.07, 6.45) is 3.49. The molecule has 2 aliphatic rings. The van der Waals surface area contributed by atoms with Crippen LogP contribution in [0.5, 0.6) is 0 Å². The van der Waals surface area contributed by atoms with Gasteiger partial charge in [-0.1, -0.05) is 129 Å². The normalized spacial score (nSPS) is 20.0. The molecule has 1 heterocycles. The predicted octanol–water partition coefficient (Wildman–Crippen LogP) is 8.80. The first kappa shape index (κ1) is 31.1. The number of rotatable bonds is 9. The minimum Gasteiger partial charge on any atom is -0.405 e. The Morgan fingerprint density at radius 1 is 0.773 bits per heavy atom. The van der Waals surface area contributed by atoms with E-state index < -0.39 is 8.32 Å². The number of halogens is 2. The van der Waals surface area contributed by atoms with Crippen LogP contribution in [0.1, 0.15) is 69.5 Å². The molecule has 44 heavy (non-hydrogen) atoms. The summed E-state index contributed by atoms with van der Waals surface area (Å²) in [5, 5.41) is 3.77. The molecular weight excluding hydrogens is 601 g/mol. The van der Waals surface area contributed by atoms with E-state index in [2.05, 4.69) is 111 Å². The number of benzene rings is 4. The summed E-state index contributed by atoms with van der Waals surface area (Å²) in [4.78, 5) is 16.4.